The third-order valence-electron chi connectivity index (χ3n) is 3.40. The maximum absolute atomic E-state index is 13.5. The smallest absolute Gasteiger partial charge is 0.175 e. The maximum Gasteiger partial charge on any atom is 0.175 e. The van der Waals surface area contributed by atoms with E-state index in [1.165, 1.54) is 39.8 Å². The molecule has 2 aromatic carbocycles. The van der Waals surface area contributed by atoms with Crippen LogP contribution in [0.25, 0.3) is 5.57 Å². The van der Waals surface area contributed by atoms with E-state index in [0.29, 0.717) is 11.1 Å². The van der Waals surface area contributed by atoms with E-state index in [4.69, 9.17) is 1.37 Å². The third kappa shape index (κ3) is 3.46. The minimum Gasteiger partial charge on any atom is -0.224 e. The van der Waals surface area contributed by atoms with Gasteiger partial charge in [0.1, 0.15) is 0 Å². The van der Waals surface area contributed by atoms with Crippen molar-refractivity contribution in [2.45, 2.75) is 10.1 Å². The van der Waals surface area contributed by atoms with Crippen LogP contribution in [0.5, 0.6) is 0 Å². The second-order valence-corrected chi connectivity index (χ2v) is 9.17. The number of sulfone groups is 1. The Kier molecular flexibility index (Phi) is 4.17. The molecule has 1 atom stereocenters. The lowest BCUT2D eigenvalue weighted by Crippen LogP contribution is -1.99. The first-order chi connectivity index (χ1) is 11.3. The molecule has 7 heteroatoms. The van der Waals surface area contributed by atoms with Crippen LogP contribution in [0.2, 0.25) is 0 Å². The SMILES string of the molecule is [3H]C1=C(c2ccc(F)c(F)c2)C(c2ccc(S(C)(=O)=O)cc2)SS1. The summed E-state index contributed by atoms with van der Waals surface area (Å²) < 4.78 is 57.9. The van der Waals surface area contributed by atoms with Crippen LogP contribution < -0.4 is 0 Å². The van der Waals surface area contributed by atoms with Crippen molar-refractivity contribution in [3.05, 3.63) is 70.6 Å². The Balaban J connectivity index is 2.00. The zero-order chi connectivity index (χ0) is 17.5. The molecule has 23 heavy (non-hydrogen) atoms. The molecule has 1 unspecified atom stereocenters. The van der Waals surface area contributed by atoms with Gasteiger partial charge in [-0.3, -0.25) is 0 Å². The molecular weight excluding hydrogens is 358 g/mol. The molecular formula is C16H12F2O2S3. The summed E-state index contributed by atoms with van der Waals surface area (Å²) in [7, 11) is -0.611. The monoisotopic (exact) mass is 372 g/mol. The second-order valence-electron chi connectivity index (χ2n) is 5.05. The van der Waals surface area contributed by atoms with E-state index in [1.54, 1.807) is 12.1 Å². The number of rotatable bonds is 3. The lowest BCUT2D eigenvalue weighted by Gasteiger charge is -2.15. The molecule has 120 valence electrons. The largest absolute Gasteiger partial charge is 0.224 e. The van der Waals surface area contributed by atoms with E-state index < -0.39 is 21.5 Å². The van der Waals surface area contributed by atoms with Crippen molar-refractivity contribution in [1.82, 2.24) is 0 Å². The minimum absolute atomic E-state index is 0.214. The van der Waals surface area contributed by atoms with Crippen molar-refractivity contribution >= 4 is 37.0 Å². The molecule has 0 saturated carbocycles. The van der Waals surface area contributed by atoms with E-state index in [2.05, 4.69) is 0 Å². The number of halogens is 2. The van der Waals surface area contributed by atoms with Gasteiger partial charge in [-0.15, -0.1) is 0 Å². The predicted molar refractivity (Wildman–Crippen MR) is 91.8 cm³/mol. The van der Waals surface area contributed by atoms with Crippen molar-refractivity contribution in [3.63, 3.8) is 0 Å². The molecule has 0 N–H and O–H groups in total. The Morgan fingerprint density at radius 1 is 1.09 bits per heavy atom. The molecule has 3 rings (SSSR count). The molecule has 1 aliphatic rings. The van der Waals surface area contributed by atoms with E-state index in [1.807, 2.05) is 0 Å². The molecule has 0 aromatic heterocycles. The van der Waals surface area contributed by atoms with Crippen LogP contribution in [0.15, 0.2) is 52.7 Å². The zero-order valence-corrected chi connectivity index (χ0v) is 14.4. The quantitative estimate of drug-likeness (QED) is 0.722. The van der Waals surface area contributed by atoms with Crippen LogP contribution in [0.1, 0.15) is 17.7 Å². The van der Waals surface area contributed by atoms with Crippen LogP contribution in [-0.2, 0) is 9.84 Å². The molecule has 1 heterocycles. The highest BCUT2D eigenvalue weighted by molar-refractivity contribution is 8.78. The molecule has 0 bridgehead atoms. The summed E-state index contributed by atoms with van der Waals surface area (Å²) in [5.41, 5.74) is 1.85. The summed E-state index contributed by atoms with van der Waals surface area (Å²) >= 11 is 0. The Morgan fingerprint density at radius 3 is 2.39 bits per heavy atom. The standard InChI is InChI=1S/C16H12F2O2S3/c1-23(19,20)12-5-2-10(3-6-12)16-13(9-21-22-16)11-4-7-14(17)15(18)8-11/h2-9,16H,1H3/i9T. The third-order valence-corrected chi connectivity index (χ3v) is 6.74. The van der Waals surface area contributed by atoms with Gasteiger partial charge in [0.15, 0.2) is 21.5 Å². The molecule has 2 aromatic rings. The molecule has 0 amide bonds. The molecule has 0 fully saturated rings. The summed E-state index contributed by atoms with van der Waals surface area (Å²) in [6.07, 6.45) is 1.14. The topological polar surface area (TPSA) is 34.1 Å². The molecule has 2 nitrogen and oxygen atoms in total. The molecule has 1 aliphatic heterocycles. The second kappa shape index (κ2) is 6.30. The van der Waals surface area contributed by atoms with E-state index in [0.717, 1.165) is 24.0 Å². The van der Waals surface area contributed by atoms with Crippen molar-refractivity contribution in [1.29, 1.82) is 0 Å². The Hall–Kier alpha value is -1.31. The van der Waals surface area contributed by atoms with Gasteiger partial charge in [-0.25, -0.2) is 17.2 Å². The molecule has 0 aliphatic carbocycles. The Labute approximate surface area is 142 Å². The highest BCUT2D eigenvalue weighted by Gasteiger charge is 2.25. The average molecular weight is 372 g/mol. The van der Waals surface area contributed by atoms with Gasteiger partial charge in [-0.2, -0.15) is 0 Å². The Bertz CT molecular complexity index is 925. The Morgan fingerprint density at radius 2 is 1.78 bits per heavy atom. The first-order valence-electron chi connectivity index (χ1n) is 7.07. The van der Waals surface area contributed by atoms with Gasteiger partial charge >= 0.3 is 0 Å². The number of hydrogen-bond acceptors (Lipinski definition) is 4. The summed E-state index contributed by atoms with van der Waals surface area (Å²) in [6.45, 7) is 0. The summed E-state index contributed by atoms with van der Waals surface area (Å²) in [5.74, 6) is -1.89. The normalized spacial score (nSPS) is 19.1. The summed E-state index contributed by atoms with van der Waals surface area (Å²) in [4.78, 5) is 0.214. The van der Waals surface area contributed by atoms with Crippen LogP contribution in [0.4, 0.5) is 8.78 Å². The van der Waals surface area contributed by atoms with Crippen molar-refractivity contribution in [2.24, 2.45) is 0 Å². The van der Waals surface area contributed by atoms with Crippen molar-refractivity contribution in [2.75, 3.05) is 6.26 Å². The first kappa shape index (κ1) is 15.2. The van der Waals surface area contributed by atoms with Gasteiger partial charge in [0, 0.05) is 6.26 Å². The van der Waals surface area contributed by atoms with Crippen LogP contribution in [0, 0.1) is 11.6 Å². The van der Waals surface area contributed by atoms with Crippen molar-refractivity contribution in [3.8, 4) is 0 Å². The number of hydrogen-bond donors (Lipinski definition) is 0. The van der Waals surface area contributed by atoms with Gasteiger partial charge in [-0.05, 0) is 46.3 Å². The van der Waals surface area contributed by atoms with Gasteiger partial charge in [0.25, 0.3) is 0 Å². The van der Waals surface area contributed by atoms with Gasteiger partial charge in [0.2, 0.25) is 0 Å². The van der Waals surface area contributed by atoms with Gasteiger partial charge < -0.3 is 0 Å². The molecule has 0 radical (unpaired) electrons. The average Bonchev–Trinajstić information content (AvgIpc) is 2.91. The van der Waals surface area contributed by atoms with E-state index in [-0.39, 0.29) is 15.5 Å². The van der Waals surface area contributed by atoms with Crippen LogP contribution >= 0.6 is 21.6 Å². The molecule has 0 saturated heterocycles. The fourth-order valence-electron chi connectivity index (χ4n) is 2.20. The summed E-state index contributed by atoms with van der Waals surface area (Å²) in [5, 5.41) is 0.0316. The summed E-state index contributed by atoms with van der Waals surface area (Å²) in [6, 6.07) is 9.99. The maximum atomic E-state index is 13.5. The van der Waals surface area contributed by atoms with Crippen molar-refractivity contribution < 1.29 is 18.6 Å². The lowest BCUT2D eigenvalue weighted by atomic mass is 9.99. The first-order valence-corrected chi connectivity index (χ1v) is 10.7. The van der Waals surface area contributed by atoms with Gasteiger partial charge in [0.05, 0.1) is 11.5 Å². The number of benzene rings is 2. The fourth-order valence-corrected chi connectivity index (χ4v) is 5.26. The fraction of sp³-hybridized carbons (Fsp3) is 0.125. The highest BCUT2D eigenvalue weighted by atomic mass is 33.1. The minimum atomic E-state index is -3.28. The highest BCUT2D eigenvalue weighted by Crippen LogP contribution is 2.54. The lowest BCUT2D eigenvalue weighted by molar-refractivity contribution is 0.508. The van der Waals surface area contributed by atoms with E-state index in [9.17, 15) is 17.2 Å². The van der Waals surface area contributed by atoms with E-state index >= 15 is 0 Å². The van der Waals surface area contributed by atoms with Crippen LogP contribution in [0.3, 0.4) is 0 Å². The van der Waals surface area contributed by atoms with Crippen LogP contribution in [-0.4, -0.2) is 14.7 Å². The van der Waals surface area contributed by atoms with Gasteiger partial charge in [-0.1, -0.05) is 39.8 Å². The zero-order valence-electron chi connectivity index (χ0n) is 12.9. The molecule has 0 spiro atoms. The predicted octanol–water partition coefficient (Wildman–Crippen LogP) is 4.85.